The highest BCUT2D eigenvalue weighted by Crippen LogP contribution is 2.26. The van der Waals surface area contributed by atoms with Crippen LogP contribution in [-0.4, -0.2) is 17.1 Å². The molecule has 94 valence electrons. The molecule has 1 N–H and O–H groups in total. The Labute approximate surface area is 115 Å². The topological polar surface area (TPSA) is 47.0 Å². The van der Waals surface area contributed by atoms with Gasteiger partial charge in [0.1, 0.15) is 23.0 Å². The smallest absolute Gasteiger partial charge is 0.134 e. The molecule has 0 radical (unpaired) electrons. The molecule has 0 unspecified atom stereocenters. The van der Waals surface area contributed by atoms with Gasteiger partial charge in [0.15, 0.2) is 0 Å². The first kappa shape index (κ1) is 12.9. The highest BCUT2D eigenvalue weighted by Gasteiger charge is 2.07. The number of benzene rings is 1. The van der Waals surface area contributed by atoms with E-state index in [-0.39, 0.29) is 0 Å². The molecule has 0 amide bonds. The Kier molecular flexibility index (Phi) is 4.23. The van der Waals surface area contributed by atoms with Gasteiger partial charge in [-0.3, -0.25) is 0 Å². The average Bonchev–Trinajstić information content (AvgIpc) is 2.37. The van der Waals surface area contributed by atoms with Gasteiger partial charge in [0.05, 0.1) is 7.11 Å². The Morgan fingerprint density at radius 2 is 2.11 bits per heavy atom. The number of methoxy groups -OCH3 is 1. The quantitative estimate of drug-likeness (QED) is 0.874. The molecule has 0 atom stereocenters. The maximum Gasteiger partial charge on any atom is 0.134 e. The van der Waals surface area contributed by atoms with Gasteiger partial charge >= 0.3 is 0 Å². The Morgan fingerprint density at radius 3 is 2.83 bits per heavy atom. The number of halogens is 2. The third-order valence-corrected chi connectivity index (χ3v) is 2.94. The largest absolute Gasteiger partial charge is 0.496 e. The summed E-state index contributed by atoms with van der Waals surface area (Å²) in [5, 5.41) is 4.15. The lowest BCUT2D eigenvalue weighted by Crippen LogP contribution is -2.04. The van der Waals surface area contributed by atoms with E-state index in [0.717, 1.165) is 11.3 Å². The summed E-state index contributed by atoms with van der Waals surface area (Å²) in [6.07, 6.45) is 1.40. The summed E-state index contributed by atoms with van der Waals surface area (Å²) < 4.78 is 5.26. The van der Waals surface area contributed by atoms with Crippen LogP contribution in [0, 0.1) is 0 Å². The van der Waals surface area contributed by atoms with E-state index < -0.39 is 0 Å². The first-order chi connectivity index (χ1) is 8.70. The molecule has 1 aromatic heterocycles. The molecule has 0 bridgehead atoms. The first-order valence-corrected chi connectivity index (χ1v) is 5.99. The van der Waals surface area contributed by atoms with Crippen LogP contribution in [0.2, 0.25) is 10.2 Å². The van der Waals surface area contributed by atoms with E-state index >= 15 is 0 Å². The van der Waals surface area contributed by atoms with Gasteiger partial charge in [0.2, 0.25) is 0 Å². The molecule has 18 heavy (non-hydrogen) atoms. The van der Waals surface area contributed by atoms with Crippen LogP contribution < -0.4 is 10.1 Å². The summed E-state index contributed by atoms with van der Waals surface area (Å²) >= 11 is 11.9. The fourth-order valence-corrected chi connectivity index (χ4v) is 1.89. The molecule has 0 aliphatic rings. The number of ether oxygens (including phenoxy) is 1. The second-order valence-electron chi connectivity index (χ2n) is 3.50. The van der Waals surface area contributed by atoms with E-state index in [2.05, 4.69) is 15.3 Å². The van der Waals surface area contributed by atoms with Crippen molar-refractivity contribution in [2.24, 2.45) is 0 Å². The molecule has 4 nitrogen and oxygen atoms in total. The van der Waals surface area contributed by atoms with Crippen LogP contribution in [0.5, 0.6) is 5.75 Å². The van der Waals surface area contributed by atoms with Crippen molar-refractivity contribution < 1.29 is 4.74 Å². The average molecular weight is 284 g/mol. The molecule has 0 spiro atoms. The first-order valence-electron chi connectivity index (χ1n) is 5.23. The zero-order chi connectivity index (χ0) is 13.0. The van der Waals surface area contributed by atoms with Crippen molar-refractivity contribution in [2.45, 2.75) is 6.54 Å². The van der Waals surface area contributed by atoms with E-state index in [0.29, 0.717) is 22.5 Å². The molecule has 6 heteroatoms. The van der Waals surface area contributed by atoms with Crippen molar-refractivity contribution in [1.29, 1.82) is 0 Å². The zero-order valence-corrected chi connectivity index (χ0v) is 11.2. The number of nitrogens with one attached hydrogen (secondary N) is 1. The van der Waals surface area contributed by atoms with Gasteiger partial charge in [0, 0.05) is 23.2 Å². The van der Waals surface area contributed by atoms with Crippen LogP contribution in [0.25, 0.3) is 0 Å². The molecular weight excluding hydrogens is 273 g/mol. The molecule has 0 aliphatic heterocycles. The van der Waals surface area contributed by atoms with Crippen LogP contribution >= 0.6 is 23.2 Å². The summed E-state index contributed by atoms with van der Waals surface area (Å²) in [6, 6.07) is 7.15. The van der Waals surface area contributed by atoms with E-state index in [1.807, 2.05) is 18.2 Å². The van der Waals surface area contributed by atoms with E-state index in [1.165, 1.54) is 6.33 Å². The third-order valence-electron chi connectivity index (χ3n) is 2.38. The van der Waals surface area contributed by atoms with Crippen molar-refractivity contribution in [3.05, 3.63) is 46.3 Å². The fraction of sp³-hybridized carbons (Fsp3) is 0.167. The number of aromatic nitrogens is 2. The van der Waals surface area contributed by atoms with Crippen molar-refractivity contribution in [3.8, 4) is 5.75 Å². The van der Waals surface area contributed by atoms with E-state index in [1.54, 1.807) is 13.2 Å². The second kappa shape index (κ2) is 5.89. The maximum atomic E-state index is 6.13. The number of anilines is 1. The lowest BCUT2D eigenvalue weighted by Gasteiger charge is -2.11. The summed E-state index contributed by atoms with van der Waals surface area (Å²) in [6.45, 7) is 0.496. The van der Waals surface area contributed by atoms with Crippen molar-refractivity contribution >= 4 is 29.0 Å². The summed E-state index contributed by atoms with van der Waals surface area (Å²) in [4.78, 5) is 7.86. The second-order valence-corrected chi connectivity index (χ2v) is 4.29. The Balaban J connectivity index is 2.15. The third kappa shape index (κ3) is 3.03. The van der Waals surface area contributed by atoms with Crippen molar-refractivity contribution in [2.75, 3.05) is 12.4 Å². The van der Waals surface area contributed by atoms with Crippen LogP contribution in [0.15, 0.2) is 30.6 Å². The van der Waals surface area contributed by atoms with Crippen LogP contribution in [0.4, 0.5) is 5.82 Å². The van der Waals surface area contributed by atoms with E-state index in [4.69, 9.17) is 27.9 Å². The Bertz CT molecular complexity index is 549. The SMILES string of the molecule is COc1cccc(Cl)c1CNc1cc(Cl)ncn1. The van der Waals surface area contributed by atoms with Crippen molar-refractivity contribution in [3.63, 3.8) is 0 Å². The molecule has 0 saturated heterocycles. The molecule has 0 fully saturated rings. The molecular formula is C12H11Cl2N3O. The van der Waals surface area contributed by atoms with Gasteiger partial charge in [-0.25, -0.2) is 9.97 Å². The monoisotopic (exact) mass is 283 g/mol. The highest BCUT2D eigenvalue weighted by atomic mass is 35.5. The zero-order valence-electron chi connectivity index (χ0n) is 9.65. The molecule has 0 aliphatic carbocycles. The molecule has 1 heterocycles. The van der Waals surface area contributed by atoms with Crippen LogP contribution in [-0.2, 0) is 6.54 Å². The molecule has 1 aromatic carbocycles. The standard InChI is InChI=1S/C12H11Cl2N3O/c1-18-10-4-2-3-9(13)8(10)6-15-12-5-11(14)16-7-17-12/h2-5,7H,6H2,1H3,(H,15,16,17). The van der Waals surface area contributed by atoms with Crippen LogP contribution in [0.3, 0.4) is 0 Å². The fourth-order valence-electron chi connectivity index (χ4n) is 1.51. The number of nitrogens with zero attached hydrogens (tertiary/aromatic N) is 2. The molecule has 0 saturated carbocycles. The number of hydrogen-bond donors (Lipinski definition) is 1. The highest BCUT2D eigenvalue weighted by molar-refractivity contribution is 6.31. The lowest BCUT2D eigenvalue weighted by atomic mass is 10.2. The van der Waals surface area contributed by atoms with Gasteiger partial charge in [-0.1, -0.05) is 29.3 Å². The van der Waals surface area contributed by atoms with Crippen molar-refractivity contribution in [1.82, 2.24) is 9.97 Å². The summed E-state index contributed by atoms with van der Waals surface area (Å²) in [5.41, 5.74) is 0.872. The summed E-state index contributed by atoms with van der Waals surface area (Å²) in [7, 11) is 1.61. The normalized spacial score (nSPS) is 10.2. The Hall–Kier alpha value is -1.52. The Morgan fingerprint density at radius 1 is 1.28 bits per heavy atom. The number of hydrogen-bond acceptors (Lipinski definition) is 4. The molecule has 2 rings (SSSR count). The number of rotatable bonds is 4. The predicted molar refractivity (Wildman–Crippen MR) is 72.4 cm³/mol. The predicted octanol–water partition coefficient (Wildman–Crippen LogP) is 3.40. The minimum Gasteiger partial charge on any atom is -0.496 e. The minimum atomic E-state index is 0.388. The van der Waals surface area contributed by atoms with Gasteiger partial charge < -0.3 is 10.1 Å². The minimum absolute atomic E-state index is 0.388. The van der Waals surface area contributed by atoms with Gasteiger partial charge in [-0.2, -0.15) is 0 Å². The van der Waals surface area contributed by atoms with Gasteiger partial charge in [-0.05, 0) is 12.1 Å². The summed E-state index contributed by atoms with van der Waals surface area (Å²) in [5.74, 6) is 1.37. The van der Waals surface area contributed by atoms with Crippen LogP contribution in [0.1, 0.15) is 5.56 Å². The van der Waals surface area contributed by atoms with Gasteiger partial charge in [0.25, 0.3) is 0 Å². The molecule has 2 aromatic rings. The maximum absolute atomic E-state index is 6.13. The van der Waals surface area contributed by atoms with E-state index in [9.17, 15) is 0 Å². The lowest BCUT2D eigenvalue weighted by molar-refractivity contribution is 0.410. The van der Waals surface area contributed by atoms with Gasteiger partial charge in [-0.15, -0.1) is 0 Å².